The molecule has 1 rings (SSSR count). The van der Waals surface area contributed by atoms with E-state index < -0.39 is 0 Å². The second-order valence-corrected chi connectivity index (χ2v) is 4.22. The van der Waals surface area contributed by atoms with E-state index in [0.717, 1.165) is 45.2 Å². The zero-order valence-electron chi connectivity index (χ0n) is 10.4. The highest BCUT2D eigenvalue weighted by Crippen LogP contribution is 2.27. The van der Waals surface area contributed by atoms with Gasteiger partial charge in [-0.3, -0.25) is 0 Å². The number of nitrogens with one attached hydrogen (secondary N) is 1. The molecule has 1 fully saturated rings. The molecule has 0 bridgehead atoms. The lowest BCUT2D eigenvalue weighted by Crippen LogP contribution is -2.22. The summed E-state index contributed by atoms with van der Waals surface area (Å²) in [6.07, 6.45) is 3.77. The highest BCUT2D eigenvalue weighted by atomic mass is 16.5. The summed E-state index contributed by atoms with van der Waals surface area (Å²) in [5, 5.41) is 3.38. The molecule has 0 aromatic rings. The monoisotopic (exact) mass is 231 g/mol. The van der Waals surface area contributed by atoms with Crippen LogP contribution in [0, 0.1) is 5.92 Å². The van der Waals surface area contributed by atoms with Crippen LogP contribution in [0.5, 0.6) is 0 Å². The van der Waals surface area contributed by atoms with Gasteiger partial charge in [0.1, 0.15) is 0 Å². The Kier molecular flexibility index (Phi) is 8.71. The molecule has 0 unspecified atom stereocenters. The summed E-state index contributed by atoms with van der Waals surface area (Å²) in [7, 11) is 1.71. The Labute approximate surface area is 98.6 Å². The fourth-order valence-corrected chi connectivity index (χ4v) is 1.40. The minimum atomic E-state index is 0.687. The summed E-state index contributed by atoms with van der Waals surface area (Å²) in [6.45, 7) is 5.82. The molecule has 16 heavy (non-hydrogen) atoms. The van der Waals surface area contributed by atoms with Gasteiger partial charge in [0, 0.05) is 26.9 Å². The second-order valence-electron chi connectivity index (χ2n) is 4.22. The molecule has 4 nitrogen and oxygen atoms in total. The average molecular weight is 231 g/mol. The Balaban J connectivity index is 1.61. The standard InChI is InChI=1S/C12H25NO3/c1-14-6-2-7-15-9-10-16-8-5-13-11-12-3-4-12/h12-13H,2-11H2,1H3. The number of methoxy groups -OCH3 is 1. The van der Waals surface area contributed by atoms with Crippen LogP contribution in [0.3, 0.4) is 0 Å². The summed E-state index contributed by atoms with van der Waals surface area (Å²) < 4.78 is 15.7. The lowest BCUT2D eigenvalue weighted by molar-refractivity contribution is 0.0408. The van der Waals surface area contributed by atoms with Gasteiger partial charge in [0.05, 0.1) is 19.8 Å². The first-order valence-electron chi connectivity index (χ1n) is 6.28. The van der Waals surface area contributed by atoms with Gasteiger partial charge in [0.15, 0.2) is 0 Å². The molecule has 0 radical (unpaired) electrons. The van der Waals surface area contributed by atoms with Crippen molar-refractivity contribution in [3.05, 3.63) is 0 Å². The fourth-order valence-electron chi connectivity index (χ4n) is 1.40. The highest BCUT2D eigenvalue weighted by Gasteiger charge is 2.19. The van der Waals surface area contributed by atoms with E-state index in [4.69, 9.17) is 14.2 Å². The van der Waals surface area contributed by atoms with Gasteiger partial charge in [-0.15, -0.1) is 0 Å². The van der Waals surface area contributed by atoms with E-state index in [0.29, 0.717) is 13.2 Å². The van der Waals surface area contributed by atoms with Crippen LogP contribution >= 0.6 is 0 Å². The summed E-state index contributed by atoms with van der Waals surface area (Å²) in [5.74, 6) is 0.948. The maximum atomic E-state index is 5.42. The third-order valence-electron chi connectivity index (χ3n) is 2.56. The quantitative estimate of drug-likeness (QED) is 0.510. The van der Waals surface area contributed by atoms with Gasteiger partial charge >= 0.3 is 0 Å². The minimum absolute atomic E-state index is 0.687. The summed E-state index contributed by atoms with van der Waals surface area (Å²) >= 11 is 0. The Morgan fingerprint density at radius 1 is 1.00 bits per heavy atom. The number of ether oxygens (including phenoxy) is 3. The van der Waals surface area contributed by atoms with Crippen LogP contribution in [-0.2, 0) is 14.2 Å². The average Bonchev–Trinajstić information content (AvgIpc) is 3.10. The second kappa shape index (κ2) is 10.0. The van der Waals surface area contributed by atoms with E-state index >= 15 is 0 Å². The van der Waals surface area contributed by atoms with Crippen molar-refractivity contribution in [2.24, 2.45) is 5.92 Å². The lowest BCUT2D eigenvalue weighted by Gasteiger charge is -2.06. The summed E-state index contributed by atoms with van der Waals surface area (Å²) in [6, 6.07) is 0. The molecule has 0 saturated heterocycles. The van der Waals surface area contributed by atoms with Crippen LogP contribution in [0.4, 0.5) is 0 Å². The smallest absolute Gasteiger partial charge is 0.0701 e. The third-order valence-corrected chi connectivity index (χ3v) is 2.56. The Hall–Kier alpha value is -0.160. The molecule has 1 aliphatic carbocycles. The van der Waals surface area contributed by atoms with Gasteiger partial charge in [-0.25, -0.2) is 0 Å². The van der Waals surface area contributed by atoms with Crippen molar-refractivity contribution >= 4 is 0 Å². The molecule has 1 aliphatic rings. The first-order valence-corrected chi connectivity index (χ1v) is 6.28. The van der Waals surface area contributed by atoms with E-state index in [-0.39, 0.29) is 0 Å². The molecular formula is C12H25NO3. The molecule has 0 heterocycles. The zero-order chi connectivity index (χ0) is 11.5. The number of rotatable bonds is 12. The highest BCUT2D eigenvalue weighted by molar-refractivity contribution is 4.74. The molecule has 0 amide bonds. The molecule has 0 aromatic carbocycles. The predicted octanol–water partition coefficient (Wildman–Crippen LogP) is 1.06. The Morgan fingerprint density at radius 3 is 2.44 bits per heavy atom. The predicted molar refractivity (Wildman–Crippen MR) is 63.7 cm³/mol. The van der Waals surface area contributed by atoms with E-state index in [1.54, 1.807) is 7.11 Å². The van der Waals surface area contributed by atoms with Crippen LogP contribution in [0.2, 0.25) is 0 Å². The SMILES string of the molecule is COCCCOCCOCCNCC1CC1. The number of hydrogen-bond donors (Lipinski definition) is 1. The molecule has 1 N–H and O–H groups in total. The van der Waals surface area contributed by atoms with Crippen LogP contribution in [0.15, 0.2) is 0 Å². The van der Waals surface area contributed by atoms with Gasteiger partial charge in [-0.1, -0.05) is 0 Å². The molecule has 0 aromatic heterocycles. The van der Waals surface area contributed by atoms with Crippen LogP contribution in [0.1, 0.15) is 19.3 Å². The van der Waals surface area contributed by atoms with Crippen LogP contribution in [-0.4, -0.2) is 53.2 Å². The molecule has 0 aliphatic heterocycles. The first-order chi connectivity index (χ1) is 7.93. The van der Waals surface area contributed by atoms with Crippen molar-refractivity contribution in [1.82, 2.24) is 5.32 Å². The first kappa shape index (κ1) is 13.9. The van der Waals surface area contributed by atoms with E-state index in [1.807, 2.05) is 0 Å². The van der Waals surface area contributed by atoms with Crippen molar-refractivity contribution in [2.75, 3.05) is 53.2 Å². The van der Waals surface area contributed by atoms with Gasteiger partial charge in [0.2, 0.25) is 0 Å². The number of hydrogen-bond acceptors (Lipinski definition) is 4. The van der Waals surface area contributed by atoms with E-state index in [1.165, 1.54) is 12.8 Å². The van der Waals surface area contributed by atoms with Crippen molar-refractivity contribution < 1.29 is 14.2 Å². The van der Waals surface area contributed by atoms with E-state index in [9.17, 15) is 0 Å². The Morgan fingerprint density at radius 2 is 1.75 bits per heavy atom. The molecule has 4 heteroatoms. The van der Waals surface area contributed by atoms with Crippen LogP contribution < -0.4 is 5.32 Å². The summed E-state index contributed by atoms with van der Waals surface area (Å²) in [5.41, 5.74) is 0. The zero-order valence-corrected chi connectivity index (χ0v) is 10.4. The summed E-state index contributed by atoms with van der Waals surface area (Å²) in [4.78, 5) is 0. The largest absolute Gasteiger partial charge is 0.385 e. The van der Waals surface area contributed by atoms with Gasteiger partial charge in [-0.05, 0) is 31.7 Å². The molecular weight excluding hydrogens is 206 g/mol. The molecule has 96 valence electrons. The van der Waals surface area contributed by atoms with Gasteiger partial charge < -0.3 is 19.5 Å². The van der Waals surface area contributed by atoms with Gasteiger partial charge in [0.25, 0.3) is 0 Å². The van der Waals surface area contributed by atoms with E-state index in [2.05, 4.69) is 5.32 Å². The maximum absolute atomic E-state index is 5.42. The maximum Gasteiger partial charge on any atom is 0.0701 e. The fraction of sp³-hybridized carbons (Fsp3) is 1.00. The topological polar surface area (TPSA) is 39.7 Å². The third kappa shape index (κ3) is 9.09. The lowest BCUT2D eigenvalue weighted by atomic mass is 10.4. The molecule has 1 saturated carbocycles. The normalized spacial score (nSPS) is 15.6. The van der Waals surface area contributed by atoms with Crippen molar-refractivity contribution in [2.45, 2.75) is 19.3 Å². The van der Waals surface area contributed by atoms with Crippen molar-refractivity contribution in [3.8, 4) is 0 Å². The molecule has 0 spiro atoms. The minimum Gasteiger partial charge on any atom is -0.385 e. The van der Waals surface area contributed by atoms with Crippen LogP contribution in [0.25, 0.3) is 0 Å². The molecule has 0 atom stereocenters. The van der Waals surface area contributed by atoms with Crippen molar-refractivity contribution in [3.63, 3.8) is 0 Å². The van der Waals surface area contributed by atoms with Gasteiger partial charge in [-0.2, -0.15) is 0 Å². The Bertz CT molecular complexity index is 151. The van der Waals surface area contributed by atoms with Crippen molar-refractivity contribution in [1.29, 1.82) is 0 Å².